The maximum Gasteiger partial charge on any atom is 0.229 e. The van der Waals surface area contributed by atoms with E-state index < -0.39 is 5.54 Å². The maximum atomic E-state index is 10.9. The summed E-state index contributed by atoms with van der Waals surface area (Å²) in [5, 5.41) is 10.9. The van der Waals surface area contributed by atoms with Gasteiger partial charge in [-0.25, -0.2) is 0 Å². The van der Waals surface area contributed by atoms with E-state index in [1.54, 1.807) is 13.8 Å². The minimum atomic E-state index is -0.869. The Labute approximate surface area is 101 Å². The van der Waals surface area contributed by atoms with Crippen LogP contribution in [0.2, 0.25) is 0 Å². The minimum Gasteiger partial charge on any atom is -0.292 e. The van der Waals surface area contributed by atoms with Crippen LogP contribution in [-0.4, -0.2) is 28.5 Å². The van der Waals surface area contributed by atoms with E-state index in [9.17, 15) is 10.1 Å². The van der Waals surface area contributed by atoms with Crippen molar-refractivity contribution in [3.05, 3.63) is 45.5 Å². The van der Waals surface area contributed by atoms with Crippen molar-refractivity contribution in [2.75, 3.05) is 13.1 Å². The predicted octanol–water partition coefficient (Wildman–Crippen LogP) is 2.10. The molecule has 0 unspecified atom stereocenters. The van der Waals surface area contributed by atoms with Gasteiger partial charge in [0.1, 0.15) is 0 Å². The minimum absolute atomic E-state index is 0.187. The third-order valence-electron chi connectivity index (χ3n) is 3.31. The molecule has 0 fully saturated rings. The van der Waals surface area contributed by atoms with Crippen LogP contribution in [-0.2, 0) is 13.0 Å². The average molecular weight is 234 g/mol. The topological polar surface area (TPSA) is 46.4 Å². The molecule has 1 heterocycles. The SMILES string of the molecule is CC(C)(CN1CCc2ccccc2C1)[N+](=O)[O-]. The van der Waals surface area contributed by atoms with Gasteiger partial charge in [-0.05, 0) is 17.5 Å². The van der Waals surface area contributed by atoms with Crippen molar-refractivity contribution in [3.63, 3.8) is 0 Å². The molecule has 1 aromatic rings. The van der Waals surface area contributed by atoms with Crippen molar-refractivity contribution in [3.8, 4) is 0 Å². The number of fused-ring (bicyclic) bond motifs is 1. The third kappa shape index (κ3) is 2.64. The fourth-order valence-corrected chi connectivity index (χ4v) is 2.29. The van der Waals surface area contributed by atoms with Crippen molar-refractivity contribution in [2.45, 2.75) is 32.4 Å². The molecule has 0 atom stereocenters. The summed E-state index contributed by atoms with van der Waals surface area (Å²) >= 11 is 0. The molecule has 17 heavy (non-hydrogen) atoms. The van der Waals surface area contributed by atoms with E-state index in [0.29, 0.717) is 6.54 Å². The van der Waals surface area contributed by atoms with Crippen molar-refractivity contribution in [1.82, 2.24) is 4.90 Å². The zero-order valence-electron chi connectivity index (χ0n) is 10.3. The molecule has 0 N–H and O–H groups in total. The lowest BCUT2D eigenvalue weighted by molar-refractivity contribution is -0.561. The summed E-state index contributed by atoms with van der Waals surface area (Å²) in [5.41, 5.74) is 1.81. The van der Waals surface area contributed by atoms with E-state index in [0.717, 1.165) is 19.5 Å². The molecule has 0 bridgehead atoms. The van der Waals surface area contributed by atoms with Gasteiger partial charge in [0.2, 0.25) is 5.54 Å². The molecule has 0 saturated heterocycles. The Bertz CT molecular complexity index is 429. The molecule has 0 saturated carbocycles. The molecule has 1 aromatic carbocycles. The normalized spacial score (nSPS) is 16.6. The van der Waals surface area contributed by atoms with Gasteiger partial charge in [-0.2, -0.15) is 0 Å². The fourth-order valence-electron chi connectivity index (χ4n) is 2.29. The average Bonchev–Trinajstić information content (AvgIpc) is 2.28. The lowest BCUT2D eigenvalue weighted by Gasteiger charge is -2.31. The van der Waals surface area contributed by atoms with Gasteiger partial charge in [-0.15, -0.1) is 0 Å². The molecular formula is C13H18N2O2. The second-order valence-electron chi connectivity index (χ2n) is 5.30. The highest BCUT2D eigenvalue weighted by Gasteiger charge is 2.34. The first-order chi connectivity index (χ1) is 7.99. The van der Waals surface area contributed by atoms with Gasteiger partial charge in [0.05, 0.1) is 6.54 Å². The van der Waals surface area contributed by atoms with Gasteiger partial charge in [-0.1, -0.05) is 24.3 Å². The molecule has 1 aliphatic rings. The van der Waals surface area contributed by atoms with Gasteiger partial charge in [0.15, 0.2) is 0 Å². The molecule has 4 heteroatoms. The van der Waals surface area contributed by atoms with Crippen LogP contribution in [0.25, 0.3) is 0 Å². The molecule has 0 radical (unpaired) electrons. The van der Waals surface area contributed by atoms with E-state index in [4.69, 9.17) is 0 Å². The second-order valence-corrected chi connectivity index (χ2v) is 5.30. The fraction of sp³-hybridized carbons (Fsp3) is 0.538. The third-order valence-corrected chi connectivity index (χ3v) is 3.31. The standard InChI is InChI=1S/C13H18N2O2/c1-13(2,15(16)17)10-14-8-7-11-5-3-4-6-12(11)9-14/h3-6H,7-10H2,1-2H3. The first-order valence-electron chi connectivity index (χ1n) is 5.93. The first kappa shape index (κ1) is 12.0. The van der Waals surface area contributed by atoms with E-state index in [-0.39, 0.29) is 4.92 Å². The zero-order valence-corrected chi connectivity index (χ0v) is 10.3. The molecule has 1 aliphatic heterocycles. The van der Waals surface area contributed by atoms with Crippen molar-refractivity contribution >= 4 is 0 Å². The lowest BCUT2D eigenvalue weighted by Crippen LogP contribution is -2.45. The van der Waals surface area contributed by atoms with Crippen LogP contribution in [0, 0.1) is 10.1 Å². The van der Waals surface area contributed by atoms with Crippen molar-refractivity contribution < 1.29 is 4.92 Å². The van der Waals surface area contributed by atoms with E-state index in [2.05, 4.69) is 23.1 Å². The quantitative estimate of drug-likeness (QED) is 0.594. The summed E-state index contributed by atoms with van der Waals surface area (Å²) in [6.07, 6.45) is 0.990. The van der Waals surface area contributed by atoms with Crippen LogP contribution in [0.1, 0.15) is 25.0 Å². The number of hydrogen-bond donors (Lipinski definition) is 0. The van der Waals surface area contributed by atoms with Crippen molar-refractivity contribution in [2.24, 2.45) is 0 Å². The van der Waals surface area contributed by atoms with Gasteiger partial charge >= 0.3 is 0 Å². The van der Waals surface area contributed by atoms with E-state index >= 15 is 0 Å². The molecule has 2 rings (SSSR count). The van der Waals surface area contributed by atoms with Gasteiger partial charge in [-0.3, -0.25) is 15.0 Å². The Kier molecular flexibility index (Phi) is 3.15. The van der Waals surface area contributed by atoms with Gasteiger partial charge in [0.25, 0.3) is 0 Å². The smallest absolute Gasteiger partial charge is 0.229 e. The van der Waals surface area contributed by atoms with Gasteiger partial charge in [0, 0.05) is 31.9 Å². The molecular weight excluding hydrogens is 216 g/mol. The zero-order chi connectivity index (χ0) is 12.5. The Morgan fingerprint density at radius 1 is 1.35 bits per heavy atom. The summed E-state index contributed by atoms with van der Waals surface area (Å²) in [6, 6.07) is 8.34. The molecule has 0 amide bonds. The summed E-state index contributed by atoms with van der Waals surface area (Å²) in [6.45, 7) is 5.62. The molecule has 0 spiro atoms. The largest absolute Gasteiger partial charge is 0.292 e. The second kappa shape index (κ2) is 4.45. The Morgan fingerprint density at radius 3 is 2.65 bits per heavy atom. The van der Waals surface area contributed by atoms with E-state index in [1.807, 2.05) is 6.07 Å². The molecule has 92 valence electrons. The van der Waals surface area contributed by atoms with Crippen molar-refractivity contribution in [1.29, 1.82) is 0 Å². The maximum absolute atomic E-state index is 10.9. The highest BCUT2D eigenvalue weighted by molar-refractivity contribution is 5.29. The monoisotopic (exact) mass is 234 g/mol. The summed E-state index contributed by atoms with van der Waals surface area (Å²) in [5.74, 6) is 0. The summed E-state index contributed by atoms with van der Waals surface area (Å²) in [7, 11) is 0. The Balaban J connectivity index is 2.06. The van der Waals surface area contributed by atoms with Crippen LogP contribution in [0.3, 0.4) is 0 Å². The number of rotatable bonds is 3. The number of nitro groups is 1. The Hall–Kier alpha value is -1.42. The molecule has 0 aromatic heterocycles. The Morgan fingerprint density at radius 2 is 2.00 bits per heavy atom. The predicted molar refractivity (Wildman–Crippen MR) is 66.5 cm³/mol. The molecule has 4 nitrogen and oxygen atoms in total. The van der Waals surface area contributed by atoms with Crippen LogP contribution in [0.15, 0.2) is 24.3 Å². The summed E-state index contributed by atoms with van der Waals surface area (Å²) in [4.78, 5) is 12.9. The van der Waals surface area contributed by atoms with E-state index in [1.165, 1.54) is 11.1 Å². The van der Waals surface area contributed by atoms with Crippen LogP contribution >= 0.6 is 0 Å². The van der Waals surface area contributed by atoms with Crippen LogP contribution in [0.5, 0.6) is 0 Å². The molecule has 0 aliphatic carbocycles. The number of hydrogen-bond acceptors (Lipinski definition) is 3. The van der Waals surface area contributed by atoms with Crippen LogP contribution < -0.4 is 0 Å². The number of benzene rings is 1. The summed E-state index contributed by atoms with van der Waals surface area (Å²) < 4.78 is 0. The van der Waals surface area contributed by atoms with Gasteiger partial charge < -0.3 is 0 Å². The lowest BCUT2D eigenvalue weighted by atomic mass is 9.98. The van der Waals surface area contributed by atoms with Crippen LogP contribution in [0.4, 0.5) is 0 Å². The highest BCUT2D eigenvalue weighted by Crippen LogP contribution is 2.21. The first-order valence-corrected chi connectivity index (χ1v) is 5.93. The number of nitrogens with zero attached hydrogens (tertiary/aromatic N) is 2. The highest BCUT2D eigenvalue weighted by atomic mass is 16.6.